The minimum absolute atomic E-state index is 0.0409. The lowest BCUT2D eigenvalue weighted by Crippen LogP contribution is -2.05. The van der Waals surface area contributed by atoms with Gasteiger partial charge in [-0.25, -0.2) is 0 Å². The Morgan fingerprint density at radius 3 is 1.74 bits per heavy atom. The monoisotopic (exact) mass is 358 g/mol. The molecule has 0 bridgehead atoms. The maximum absolute atomic E-state index is 8.93. The number of hydrogen-bond acceptors (Lipinski definition) is 2. The van der Waals surface area contributed by atoms with Crippen molar-refractivity contribution >= 4 is 0 Å². The van der Waals surface area contributed by atoms with Gasteiger partial charge in [-0.2, -0.15) is 0 Å². The lowest BCUT2D eigenvalue weighted by atomic mass is 9.84. The van der Waals surface area contributed by atoms with E-state index in [1.165, 1.54) is 29.5 Å². The molecule has 0 aromatic heterocycles. The number of aliphatic hydroxyl groups is 1. The summed E-state index contributed by atoms with van der Waals surface area (Å²) in [5, 5.41) is 8.93. The lowest BCUT2D eigenvalue weighted by molar-refractivity contribution is 0.201. The summed E-state index contributed by atoms with van der Waals surface area (Å²) in [5.74, 6) is 2.44. The van der Waals surface area contributed by atoms with Gasteiger partial charge in [-0.1, -0.05) is 72.8 Å². The molecule has 1 saturated carbocycles. The molecular weight excluding hydrogens is 332 g/mol. The van der Waals surface area contributed by atoms with E-state index in [1.807, 2.05) is 12.1 Å². The van der Waals surface area contributed by atoms with Crippen LogP contribution in [0.25, 0.3) is 0 Å². The van der Waals surface area contributed by atoms with Crippen LogP contribution in [0, 0.1) is 0 Å². The van der Waals surface area contributed by atoms with Crippen LogP contribution in [-0.4, -0.2) is 18.3 Å². The molecule has 3 aromatic carbocycles. The molecule has 1 fully saturated rings. The zero-order valence-electron chi connectivity index (χ0n) is 15.5. The van der Waals surface area contributed by atoms with Gasteiger partial charge in [0.2, 0.25) is 0 Å². The molecule has 3 unspecified atom stereocenters. The van der Waals surface area contributed by atoms with E-state index >= 15 is 0 Å². The highest BCUT2D eigenvalue weighted by molar-refractivity contribution is 5.36. The standard InChI is InChI=1S/C25H26O2/c26-15-16-27-23-13-11-21(12-14-23)25-18-22(19-7-3-1-4-8-19)17-24(25)20-9-5-2-6-10-20/h1-14,22,24-26H,15-18H2. The Bertz CT molecular complexity index is 827. The molecule has 2 nitrogen and oxygen atoms in total. The zero-order chi connectivity index (χ0) is 18.5. The highest BCUT2D eigenvalue weighted by Gasteiger charge is 2.36. The second-order valence-corrected chi connectivity index (χ2v) is 7.34. The quantitative estimate of drug-likeness (QED) is 0.630. The van der Waals surface area contributed by atoms with E-state index in [-0.39, 0.29) is 6.61 Å². The number of hydrogen-bond donors (Lipinski definition) is 1. The van der Waals surface area contributed by atoms with Crippen molar-refractivity contribution in [3.05, 3.63) is 102 Å². The lowest BCUT2D eigenvalue weighted by Gasteiger charge is -2.20. The van der Waals surface area contributed by atoms with Gasteiger partial charge in [0.05, 0.1) is 6.61 Å². The molecule has 2 heteroatoms. The predicted octanol–water partition coefficient (Wildman–Crippen LogP) is 5.50. The topological polar surface area (TPSA) is 29.5 Å². The first-order chi connectivity index (χ1) is 13.3. The highest BCUT2D eigenvalue weighted by Crippen LogP contribution is 2.52. The van der Waals surface area contributed by atoms with E-state index in [1.54, 1.807) is 0 Å². The van der Waals surface area contributed by atoms with Crippen LogP contribution in [0.15, 0.2) is 84.9 Å². The Balaban J connectivity index is 1.61. The summed E-state index contributed by atoms with van der Waals surface area (Å²) in [7, 11) is 0. The number of rotatable bonds is 6. The second kappa shape index (κ2) is 8.41. The van der Waals surface area contributed by atoms with Gasteiger partial charge in [0, 0.05) is 0 Å². The van der Waals surface area contributed by atoms with E-state index in [2.05, 4.69) is 72.8 Å². The molecule has 1 aliphatic carbocycles. The van der Waals surface area contributed by atoms with Crippen LogP contribution in [-0.2, 0) is 0 Å². The van der Waals surface area contributed by atoms with Gasteiger partial charge in [0.25, 0.3) is 0 Å². The number of benzene rings is 3. The molecule has 1 N–H and O–H groups in total. The van der Waals surface area contributed by atoms with Gasteiger partial charge in [0.1, 0.15) is 12.4 Å². The van der Waals surface area contributed by atoms with Crippen LogP contribution >= 0.6 is 0 Å². The van der Waals surface area contributed by atoms with E-state index in [4.69, 9.17) is 9.84 Å². The van der Waals surface area contributed by atoms with Gasteiger partial charge >= 0.3 is 0 Å². The predicted molar refractivity (Wildman–Crippen MR) is 109 cm³/mol. The molecule has 27 heavy (non-hydrogen) atoms. The second-order valence-electron chi connectivity index (χ2n) is 7.34. The van der Waals surface area contributed by atoms with Gasteiger partial charge in [0.15, 0.2) is 0 Å². The molecular formula is C25H26O2. The summed E-state index contributed by atoms with van der Waals surface area (Å²) in [5.41, 5.74) is 4.25. The van der Waals surface area contributed by atoms with Crippen molar-refractivity contribution in [3.8, 4) is 5.75 Å². The van der Waals surface area contributed by atoms with Crippen molar-refractivity contribution in [2.45, 2.75) is 30.6 Å². The van der Waals surface area contributed by atoms with Crippen molar-refractivity contribution in [1.82, 2.24) is 0 Å². The average Bonchev–Trinajstić information content (AvgIpc) is 3.19. The molecule has 3 atom stereocenters. The third kappa shape index (κ3) is 4.06. The summed E-state index contributed by atoms with van der Waals surface area (Å²) < 4.78 is 5.52. The first kappa shape index (κ1) is 17.8. The Hall–Kier alpha value is -2.58. The average molecular weight is 358 g/mol. The normalized spacial score (nSPS) is 21.9. The summed E-state index contributed by atoms with van der Waals surface area (Å²) in [6, 6.07) is 30.3. The number of ether oxygens (including phenoxy) is 1. The van der Waals surface area contributed by atoms with Crippen molar-refractivity contribution < 1.29 is 9.84 Å². The fourth-order valence-electron chi connectivity index (χ4n) is 4.45. The zero-order valence-corrected chi connectivity index (χ0v) is 15.5. The minimum Gasteiger partial charge on any atom is -0.491 e. The van der Waals surface area contributed by atoms with Crippen LogP contribution in [0.3, 0.4) is 0 Å². The molecule has 138 valence electrons. The minimum atomic E-state index is 0.0409. The van der Waals surface area contributed by atoms with Crippen LogP contribution < -0.4 is 4.74 Å². The summed E-state index contributed by atoms with van der Waals surface area (Å²) in [4.78, 5) is 0. The van der Waals surface area contributed by atoms with E-state index < -0.39 is 0 Å². The van der Waals surface area contributed by atoms with E-state index in [0.717, 1.165) is 5.75 Å². The fourth-order valence-corrected chi connectivity index (χ4v) is 4.45. The molecule has 0 aliphatic heterocycles. The Labute approximate surface area is 161 Å². The summed E-state index contributed by atoms with van der Waals surface area (Å²) in [6.07, 6.45) is 2.35. The molecule has 0 radical (unpaired) electrons. The molecule has 3 aromatic rings. The Morgan fingerprint density at radius 2 is 1.19 bits per heavy atom. The number of aliphatic hydroxyl groups excluding tert-OH is 1. The molecule has 4 rings (SSSR count). The smallest absolute Gasteiger partial charge is 0.119 e. The van der Waals surface area contributed by atoms with E-state index in [9.17, 15) is 0 Å². The van der Waals surface area contributed by atoms with Crippen LogP contribution in [0.1, 0.15) is 47.3 Å². The third-order valence-corrected chi connectivity index (χ3v) is 5.73. The van der Waals surface area contributed by atoms with Gasteiger partial charge in [-0.05, 0) is 59.4 Å². The summed E-state index contributed by atoms with van der Waals surface area (Å²) >= 11 is 0. The third-order valence-electron chi connectivity index (χ3n) is 5.73. The van der Waals surface area contributed by atoms with Gasteiger partial charge < -0.3 is 9.84 Å². The van der Waals surface area contributed by atoms with Crippen LogP contribution in [0.4, 0.5) is 0 Å². The molecule has 0 spiro atoms. The van der Waals surface area contributed by atoms with Gasteiger partial charge in [-0.3, -0.25) is 0 Å². The van der Waals surface area contributed by atoms with E-state index in [0.29, 0.717) is 24.4 Å². The van der Waals surface area contributed by atoms with Crippen molar-refractivity contribution in [2.24, 2.45) is 0 Å². The SMILES string of the molecule is OCCOc1ccc(C2CC(c3ccccc3)CC2c2ccccc2)cc1. The first-order valence-corrected chi connectivity index (χ1v) is 9.78. The maximum Gasteiger partial charge on any atom is 0.119 e. The van der Waals surface area contributed by atoms with Crippen molar-refractivity contribution in [1.29, 1.82) is 0 Å². The maximum atomic E-state index is 8.93. The Morgan fingerprint density at radius 1 is 0.667 bits per heavy atom. The summed E-state index contributed by atoms with van der Waals surface area (Å²) in [6.45, 7) is 0.380. The largest absolute Gasteiger partial charge is 0.491 e. The van der Waals surface area contributed by atoms with Crippen molar-refractivity contribution in [2.75, 3.05) is 13.2 Å². The fraction of sp³-hybridized carbons (Fsp3) is 0.280. The molecule has 0 amide bonds. The molecule has 0 saturated heterocycles. The molecule has 0 heterocycles. The Kier molecular flexibility index (Phi) is 5.55. The molecule has 1 aliphatic rings. The van der Waals surface area contributed by atoms with Crippen molar-refractivity contribution in [3.63, 3.8) is 0 Å². The first-order valence-electron chi connectivity index (χ1n) is 9.78. The highest BCUT2D eigenvalue weighted by atomic mass is 16.5. The van der Waals surface area contributed by atoms with Crippen LogP contribution in [0.5, 0.6) is 5.75 Å². The van der Waals surface area contributed by atoms with Crippen LogP contribution in [0.2, 0.25) is 0 Å². The van der Waals surface area contributed by atoms with Gasteiger partial charge in [-0.15, -0.1) is 0 Å².